The van der Waals surface area contributed by atoms with Crippen molar-refractivity contribution in [3.8, 4) is 6.07 Å². The first-order valence-electron chi connectivity index (χ1n) is 17.0. The van der Waals surface area contributed by atoms with E-state index in [1.165, 1.54) is 33.8 Å². The zero-order chi connectivity index (χ0) is 33.0. The van der Waals surface area contributed by atoms with Gasteiger partial charge >= 0.3 is 0 Å². The molecule has 0 spiro atoms. The van der Waals surface area contributed by atoms with Gasteiger partial charge in [0, 0.05) is 60.4 Å². The van der Waals surface area contributed by atoms with Crippen molar-refractivity contribution >= 4 is 16.8 Å². The molecule has 1 fully saturated rings. The molecule has 1 atom stereocenters. The summed E-state index contributed by atoms with van der Waals surface area (Å²) in [6, 6.07) is 23.1. The first-order chi connectivity index (χ1) is 22.7. The summed E-state index contributed by atoms with van der Waals surface area (Å²) in [4.78, 5) is 15.8. The van der Waals surface area contributed by atoms with Crippen LogP contribution in [0, 0.1) is 17.2 Å². The Balaban J connectivity index is 1.04. The Morgan fingerprint density at radius 3 is 2.38 bits per heavy atom. The van der Waals surface area contributed by atoms with Crippen LogP contribution in [0.5, 0.6) is 0 Å². The van der Waals surface area contributed by atoms with Crippen LogP contribution in [0.15, 0.2) is 78.9 Å². The number of piperidine rings is 1. The second kappa shape index (κ2) is 14.2. The molecule has 0 radical (unpaired) electrons. The maximum absolute atomic E-state index is 14.2. The minimum Gasteiger partial charge on any atom is -0.349 e. The normalized spacial score (nSPS) is 17.8. The zero-order valence-corrected chi connectivity index (χ0v) is 27.4. The van der Waals surface area contributed by atoms with Gasteiger partial charge in [-0.15, -0.1) is 0 Å². The van der Waals surface area contributed by atoms with Crippen molar-refractivity contribution in [3.05, 3.63) is 118 Å². The van der Waals surface area contributed by atoms with Gasteiger partial charge in [-0.2, -0.15) is 14.0 Å². The fourth-order valence-electron chi connectivity index (χ4n) is 7.45. The molecule has 1 aliphatic heterocycles. The van der Waals surface area contributed by atoms with Gasteiger partial charge in [-0.3, -0.25) is 9.69 Å². The summed E-state index contributed by atoms with van der Waals surface area (Å²) < 4.78 is 30.7. The van der Waals surface area contributed by atoms with Crippen molar-refractivity contribution in [2.45, 2.75) is 76.8 Å². The molecule has 1 N–H and O–H groups in total. The molecule has 1 saturated heterocycles. The number of aromatic nitrogens is 1. The molecule has 0 saturated carbocycles. The van der Waals surface area contributed by atoms with E-state index in [9.17, 15) is 13.6 Å². The van der Waals surface area contributed by atoms with E-state index in [1.54, 1.807) is 19.1 Å². The summed E-state index contributed by atoms with van der Waals surface area (Å²) in [7, 11) is 2.14. The summed E-state index contributed by atoms with van der Waals surface area (Å²) >= 11 is 0. The lowest BCUT2D eigenvalue weighted by Gasteiger charge is -2.32. The van der Waals surface area contributed by atoms with E-state index < -0.39 is 5.92 Å². The van der Waals surface area contributed by atoms with Gasteiger partial charge in [-0.05, 0) is 117 Å². The van der Waals surface area contributed by atoms with Crippen LogP contribution >= 0.6 is 0 Å². The van der Waals surface area contributed by atoms with E-state index in [1.807, 2.05) is 42.5 Å². The molecule has 6 rings (SSSR count). The van der Waals surface area contributed by atoms with Gasteiger partial charge in [0.15, 0.2) is 0 Å². The monoisotopic (exact) mass is 634 g/mol. The highest BCUT2D eigenvalue weighted by atomic mass is 19.3. The molecule has 4 aromatic rings. The number of benzene rings is 3. The molecule has 3 aromatic carbocycles. The summed E-state index contributed by atoms with van der Waals surface area (Å²) in [5.41, 5.74) is 7.64. The molecular weight excluding hydrogens is 590 g/mol. The summed E-state index contributed by atoms with van der Waals surface area (Å²) in [5, 5.41) is 13.5. The number of fused-ring (bicyclic) bond motifs is 3. The SMILES string of the molecule is CC=CC(F)(F)c1ccc(CCC2CCc3c(n(C)c4ccc(C(=O)NC5CCN(Cc6ccc(C#N)cc6)CC5)cc34)CC2)cc1. The van der Waals surface area contributed by atoms with Gasteiger partial charge in [0.25, 0.3) is 11.8 Å². The second-order valence-corrected chi connectivity index (χ2v) is 13.4. The van der Waals surface area contributed by atoms with Crippen molar-refractivity contribution in [3.63, 3.8) is 0 Å². The number of amides is 1. The average Bonchev–Trinajstić information content (AvgIpc) is 3.20. The number of aryl methyl sites for hydroxylation is 3. The Bertz CT molecular complexity index is 1770. The first kappa shape index (κ1) is 32.7. The Hall–Kier alpha value is -4.28. The maximum Gasteiger partial charge on any atom is 0.291 e. The van der Waals surface area contributed by atoms with Crippen molar-refractivity contribution < 1.29 is 13.6 Å². The average molecular weight is 635 g/mol. The van der Waals surface area contributed by atoms with E-state index >= 15 is 0 Å². The molecule has 2 heterocycles. The Morgan fingerprint density at radius 2 is 1.68 bits per heavy atom. The number of rotatable bonds is 9. The molecular formula is C40H44F2N4O. The van der Waals surface area contributed by atoms with Crippen molar-refractivity contribution in [1.29, 1.82) is 5.26 Å². The maximum atomic E-state index is 14.2. The molecule has 2 aliphatic rings. The topological polar surface area (TPSA) is 61.1 Å². The Kier molecular flexibility index (Phi) is 9.89. The number of alkyl halides is 2. The summed E-state index contributed by atoms with van der Waals surface area (Å²) in [5.74, 6) is -2.37. The standard InChI is InChI=1S/C40H44F2N4O/c1-3-22-40(41,42)33-15-10-28(11-16-33)4-5-29-12-17-35-36-25-32(14-19-38(36)45(2)37(35)18-13-29)39(47)44-34-20-23-46(24-21-34)27-31-8-6-30(26-43)7-9-31/h3,6-11,14-16,19,22,25,29,34H,4-5,12-13,17-18,20-21,23-24,27H2,1-2H3,(H,44,47). The Morgan fingerprint density at radius 1 is 0.979 bits per heavy atom. The van der Waals surface area contributed by atoms with Crippen LogP contribution in [0.2, 0.25) is 0 Å². The largest absolute Gasteiger partial charge is 0.349 e. The zero-order valence-electron chi connectivity index (χ0n) is 27.4. The van der Waals surface area contributed by atoms with Crippen LogP contribution in [-0.4, -0.2) is 34.5 Å². The van der Waals surface area contributed by atoms with Crippen LogP contribution in [0.4, 0.5) is 8.78 Å². The van der Waals surface area contributed by atoms with Crippen LogP contribution in [0.1, 0.15) is 82.9 Å². The van der Waals surface area contributed by atoms with E-state index in [4.69, 9.17) is 5.26 Å². The lowest BCUT2D eigenvalue weighted by atomic mass is 9.91. The van der Waals surface area contributed by atoms with E-state index in [0.29, 0.717) is 11.5 Å². The molecule has 47 heavy (non-hydrogen) atoms. The molecule has 0 bridgehead atoms. The van der Waals surface area contributed by atoms with Crippen LogP contribution < -0.4 is 5.32 Å². The number of hydrogen-bond acceptors (Lipinski definition) is 3. The number of allylic oxidation sites excluding steroid dienone is 2. The smallest absolute Gasteiger partial charge is 0.291 e. The number of likely N-dealkylation sites (tertiary alicyclic amines) is 1. The van der Waals surface area contributed by atoms with Gasteiger partial charge in [0.2, 0.25) is 0 Å². The molecule has 1 amide bonds. The van der Waals surface area contributed by atoms with Crippen LogP contribution in [0.3, 0.4) is 0 Å². The molecule has 1 unspecified atom stereocenters. The molecule has 1 aliphatic carbocycles. The van der Waals surface area contributed by atoms with Crippen molar-refractivity contribution in [2.24, 2.45) is 13.0 Å². The van der Waals surface area contributed by atoms with Gasteiger partial charge in [0.1, 0.15) is 0 Å². The Labute approximate surface area is 276 Å². The predicted octanol–water partition coefficient (Wildman–Crippen LogP) is 8.24. The first-order valence-corrected chi connectivity index (χ1v) is 17.0. The summed E-state index contributed by atoms with van der Waals surface area (Å²) in [6.45, 7) is 4.32. The van der Waals surface area contributed by atoms with Gasteiger partial charge in [-0.1, -0.05) is 42.5 Å². The van der Waals surface area contributed by atoms with Crippen molar-refractivity contribution in [1.82, 2.24) is 14.8 Å². The van der Waals surface area contributed by atoms with Gasteiger partial charge in [0.05, 0.1) is 11.6 Å². The highest BCUT2D eigenvalue weighted by Crippen LogP contribution is 2.35. The number of halogens is 2. The molecule has 5 nitrogen and oxygen atoms in total. The van der Waals surface area contributed by atoms with Crippen LogP contribution in [0.25, 0.3) is 10.9 Å². The number of nitriles is 1. The fraction of sp³-hybridized carbons (Fsp3) is 0.400. The van der Waals surface area contributed by atoms with Gasteiger partial charge < -0.3 is 9.88 Å². The number of nitrogens with one attached hydrogen (secondary N) is 1. The molecule has 244 valence electrons. The van der Waals surface area contributed by atoms with Gasteiger partial charge in [-0.25, -0.2) is 0 Å². The number of carbonyl (C=O) groups is 1. The van der Waals surface area contributed by atoms with Crippen LogP contribution in [-0.2, 0) is 38.8 Å². The number of nitrogens with zero attached hydrogens (tertiary/aromatic N) is 3. The van der Waals surface area contributed by atoms with E-state index in [2.05, 4.69) is 40.0 Å². The number of hydrogen-bond donors (Lipinski definition) is 1. The number of carbonyl (C=O) groups excluding carboxylic acids is 1. The highest BCUT2D eigenvalue weighted by Gasteiger charge is 2.28. The molecule has 1 aromatic heterocycles. The second-order valence-electron chi connectivity index (χ2n) is 13.4. The molecule has 7 heteroatoms. The minimum absolute atomic E-state index is 0.00367. The lowest BCUT2D eigenvalue weighted by Crippen LogP contribution is -2.44. The summed E-state index contributed by atoms with van der Waals surface area (Å²) in [6.07, 6.45) is 10.3. The quantitative estimate of drug-likeness (QED) is 0.149. The van der Waals surface area contributed by atoms with E-state index in [-0.39, 0.29) is 17.5 Å². The predicted molar refractivity (Wildman–Crippen MR) is 183 cm³/mol. The highest BCUT2D eigenvalue weighted by molar-refractivity contribution is 5.99. The lowest BCUT2D eigenvalue weighted by molar-refractivity contribution is 0.0519. The minimum atomic E-state index is -2.93. The third-order valence-electron chi connectivity index (χ3n) is 10.3. The third-order valence-corrected chi connectivity index (χ3v) is 10.3. The fourth-order valence-corrected chi connectivity index (χ4v) is 7.45. The van der Waals surface area contributed by atoms with E-state index in [0.717, 1.165) is 88.2 Å². The van der Waals surface area contributed by atoms with Crippen molar-refractivity contribution in [2.75, 3.05) is 13.1 Å². The third kappa shape index (κ3) is 7.49.